The number of benzene rings is 1. The van der Waals surface area contributed by atoms with Gasteiger partial charge >= 0.3 is 5.97 Å². The molecule has 0 saturated carbocycles. The largest absolute Gasteiger partial charge is 0.467 e. The molecule has 0 aliphatic rings. The summed E-state index contributed by atoms with van der Waals surface area (Å²) in [5.41, 5.74) is 2.02. The number of esters is 1. The van der Waals surface area contributed by atoms with Gasteiger partial charge in [0.15, 0.2) is 13.6 Å². The minimum atomic E-state index is -0.480. The second-order valence-electron chi connectivity index (χ2n) is 4.68. The molecule has 0 heterocycles. The Hall–Kier alpha value is -2.05. The van der Waals surface area contributed by atoms with Crippen molar-refractivity contribution >= 4 is 5.97 Å². The molecule has 0 aromatic heterocycles. The van der Waals surface area contributed by atoms with Gasteiger partial charge in [0.1, 0.15) is 11.5 Å². The highest BCUT2D eigenvalue weighted by atomic mass is 16.7. The van der Waals surface area contributed by atoms with E-state index in [1.54, 1.807) is 12.1 Å². The molecule has 122 valence electrons. The van der Waals surface area contributed by atoms with Crippen LogP contribution in [-0.4, -0.2) is 40.9 Å². The first-order valence-electron chi connectivity index (χ1n) is 6.66. The van der Waals surface area contributed by atoms with Gasteiger partial charge in [-0.05, 0) is 19.1 Å². The van der Waals surface area contributed by atoms with Crippen molar-refractivity contribution in [1.82, 2.24) is 0 Å². The maximum absolute atomic E-state index is 11.8. The van der Waals surface area contributed by atoms with E-state index in [4.69, 9.17) is 23.7 Å². The van der Waals surface area contributed by atoms with Crippen molar-refractivity contribution in [2.24, 2.45) is 0 Å². The van der Waals surface area contributed by atoms with Gasteiger partial charge in [-0.2, -0.15) is 0 Å². The summed E-state index contributed by atoms with van der Waals surface area (Å²) < 4.78 is 25.7. The van der Waals surface area contributed by atoms with Crippen LogP contribution in [0.3, 0.4) is 0 Å². The molecule has 0 atom stereocenters. The van der Waals surface area contributed by atoms with Crippen molar-refractivity contribution in [2.45, 2.75) is 13.3 Å². The Morgan fingerprint density at radius 3 is 1.91 bits per heavy atom. The van der Waals surface area contributed by atoms with Crippen LogP contribution in [-0.2, 0) is 20.6 Å². The van der Waals surface area contributed by atoms with E-state index in [-0.39, 0.29) is 13.6 Å². The maximum Gasteiger partial charge on any atom is 0.338 e. The normalized spacial score (nSPS) is 10.2. The quantitative estimate of drug-likeness (QED) is 0.397. The van der Waals surface area contributed by atoms with E-state index in [0.29, 0.717) is 23.5 Å². The lowest BCUT2D eigenvalue weighted by molar-refractivity contribution is 0.0439. The lowest BCUT2D eigenvalue weighted by Crippen LogP contribution is -2.10. The molecule has 0 spiro atoms. The van der Waals surface area contributed by atoms with Gasteiger partial charge in [0.2, 0.25) is 0 Å². The van der Waals surface area contributed by atoms with Gasteiger partial charge in [0.05, 0.1) is 12.7 Å². The third-order valence-electron chi connectivity index (χ3n) is 2.73. The minimum Gasteiger partial charge on any atom is -0.467 e. The van der Waals surface area contributed by atoms with Crippen LogP contribution in [0.25, 0.3) is 0 Å². The highest BCUT2D eigenvalue weighted by Crippen LogP contribution is 2.33. The number of allylic oxidation sites excluding steroid dienone is 1. The summed E-state index contributed by atoms with van der Waals surface area (Å²) in [6.07, 6.45) is 0.541. The zero-order chi connectivity index (χ0) is 16.5. The summed E-state index contributed by atoms with van der Waals surface area (Å²) in [5, 5.41) is 0. The van der Waals surface area contributed by atoms with Gasteiger partial charge in [-0.25, -0.2) is 4.79 Å². The predicted molar refractivity (Wildman–Crippen MR) is 81.3 cm³/mol. The Labute approximate surface area is 130 Å². The van der Waals surface area contributed by atoms with Crippen molar-refractivity contribution in [3.63, 3.8) is 0 Å². The molecule has 6 heteroatoms. The Morgan fingerprint density at radius 2 is 1.55 bits per heavy atom. The van der Waals surface area contributed by atoms with Gasteiger partial charge in [0.25, 0.3) is 0 Å². The molecule has 0 N–H and O–H groups in total. The molecule has 1 rings (SSSR count). The van der Waals surface area contributed by atoms with Crippen LogP contribution < -0.4 is 9.47 Å². The Bertz CT molecular complexity index is 494. The second kappa shape index (κ2) is 9.07. The first-order valence-corrected chi connectivity index (χ1v) is 6.66. The van der Waals surface area contributed by atoms with Gasteiger partial charge in [-0.15, -0.1) is 0 Å². The fourth-order valence-electron chi connectivity index (χ4n) is 1.83. The highest BCUT2D eigenvalue weighted by Gasteiger charge is 2.18. The van der Waals surface area contributed by atoms with Gasteiger partial charge in [-0.3, -0.25) is 0 Å². The van der Waals surface area contributed by atoms with Gasteiger partial charge in [0, 0.05) is 26.2 Å². The average Bonchev–Trinajstić information content (AvgIpc) is 2.50. The van der Waals surface area contributed by atoms with Crippen molar-refractivity contribution in [1.29, 1.82) is 0 Å². The van der Waals surface area contributed by atoms with Crippen LogP contribution in [0.15, 0.2) is 24.3 Å². The molecule has 0 unspecified atom stereocenters. The second-order valence-corrected chi connectivity index (χ2v) is 4.68. The number of carbonyl (C=O) groups is 1. The van der Waals surface area contributed by atoms with E-state index in [2.05, 4.69) is 6.58 Å². The first-order chi connectivity index (χ1) is 10.5. The molecular weight excluding hydrogens is 288 g/mol. The minimum absolute atomic E-state index is 0.0531. The van der Waals surface area contributed by atoms with E-state index in [1.165, 1.54) is 21.3 Å². The molecule has 0 aliphatic heterocycles. The highest BCUT2D eigenvalue weighted by molar-refractivity contribution is 5.90. The number of rotatable bonds is 9. The third kappa shape index (κ3) is 5.05. The van der Waals surface area contributed by atoms with E-state index in [1.807, 2.05) is 6.92 Å². The SMILES string of the molecule is C=C(C)Cc1c(OCOC)cc(C(=O)OC)cc1OCOC. The zero-order valence-electron chi connectivity index (χ0n) is 13.4. The molecule has 0 radical (unpaired) electrons. The summed E-state index contributed by atoms with van der Waals surface area (Å²) in [4.78, 5) is 11.8. The van der Waals surface area contributed by atoms with Crippen LogP contribution in [0.1, 0.15) is 22.8 Å². The number of hydrogen-bond acceptors (Lipinski definition) is 6. The number of carbonyl (C=O) groups excluding carboxylic acids is 1. The molecule has 0 amide bonds. The molecule has 6 nitrogen and oxygen atoms in total. The average molecular weight is 310 g/mol. The Kier molecular flexibility index (Phi) is 7.42. The summed E-state index contributed by atoms with van der Waals surface area (Å²) in [7, 11) is 4.35. The number of hydrogen-bond donors (Lipinski definition) is 0. The first kappa shape index (κ1) is 18.0. The smallest absolute Gasteiger partial charge is 0.338 e. The summed E-state index contributed by atoms with van der Waals surface area (Å²) >= 11 is 0. The van der Waals surface area contributed by atoms with Crippen LogP contribution in [0.4, 0.5) is 0 Å². The lowest BCUT2D eigenvalue weighted by atomic mass is 10.0. The molecule has 1 aromatic carbocycles. The molecule has 0 saturated heterocycles. The lowest BCUT2D eigenvalue weighted by Gasteiger charge is -2.17. The number of methoxy groups -OCH3 is 3. The molecule has 22 heavy (non-hydrogen) atoms. The van der Waals surface area contributed by atoms with Gasteiger partial charge < -0.3 is 23.7 Å². The monoisotopic (exact) mass is 310 g/mol. The topological polar surface area (TPSA) is 63.2 Å². The molecule has 0 fully saturated rings. The van der Waals surface area contributed by atoms with E-state index < -0.39 is 5.97 Å². The molecule has 1 aromatic rings. The molecule has 0 aliphatic carbocycles. The molecular formula is C16H22O6. The Morgan fingerprint density at radius 1 is 1.05 bits per heavy atom. The fraction of sp³-hybridized carbons (Fsp3) is 0.438. The van der Waals surface area contributed by atoms with Crippen molar-refractivity contribution in [3.05, 3.63) is 35.4 Å². The maximum atomic E-state index is 11.8. The van der Waals surface area contributed by atoms with E-state index in [9.17, 15) is 4.79 Å². The summed E-state index contributed by atoms with van der Waals surface area (Å²) in [6.45, 7) is 5.91. The fourth-order valence-corrected chi connectivity index (χ4v) is 1.83. The van der Waals surface area contributed by atoms with Crippen molar-refractivity contribution in [3.8, 4) is 11.5 Å². The van der Waals surface area contributed by atoms with Crippen molar-refractivity contribution in [2.75, 3.05) is 34.9 Å². The number of ether oxygens (including phenoxy) is 5. The zero-order valence-corrected chi connectivity index (χ0v) is 13.4. The standard InChI is InChI=1S/C16H22O6/c1-11(2)6-13-14(21-9-18-3)7-12(16(17)20-5)8-15(13)22-10-19-4/h7-8H,1,6,9-10H2,2-5H3. The van der Waals surface area contributed by atoms with Gasteiger partial charge in [-0.1, -0.05) is 12.2 Å². The van der Waals surface area contributed by atoms with Crippen LogP contribution in [0.2, 0.25) is 0 Å². The molecule has 0 bridgehead atoms. The summed E-state index contributed by atoms with van der Waals surface area (Å²) in [6, 6.07) is 3.20. The Balaban J connectivity index is 3.31. The van der Waals surface area contributed by atoms with Crippen molar-refractivity contribution < 1.29 is 28.5 Å². The van der Waals surface area contributed by atoms with Crippen LogP contribution in [0.5, 0.6) is 11.5 Å². The summed E-state index contributed by atoms with van der Waals surface area (Å²) in [5.74, 6) is 0.490. The van der Waals surface area contributed by atoms with E-state index >= 15 is 0 Å². The van der Waals surface area contributed by atoms with Crippen LogP contribution >= 0.6 is 0 Å². The van der Waals surface area contributed by atoms with E-state index in [0.717, 1.165) is 11.1 Å². The predicted octanol–water partition coefficient (Wildman–Crippen LogP) is 2.56. The third-order valence-corrected chi connectivity index (χ3v) is 2.73. The van der Waals surface area contributed by atoms with Crippen LogP contribution in [0, 0.1) is 0 Å².